The first-order valence-electron chi connectivity index (χ1n) is 35.6. The van der Waals surface area contributed by atoms with Crippen molar-refractivity contribution in [2.24, 2.45) is 35.5 Å². The van der Waals surface area contributed by atoms with Crippen molar-refractivity contribution in [1.82, 2.24) is 0 Å². The predicted octanol–water partition coefficient (Wildman–Crippen LogP) is 15.5. The van der Waals surface area contributed by atoms with Gasteiger partial charge in [0.15, 0.2) is 25.9 Å². The Morgan fingerprint density at radius 2 is 0.757 bits per heavy atom. The van der Waals surface area contributed by atoms with E-state index in [1.165, 1.54) is 43.1 Å². The Hall–Kier alpha value is -3.23. The molecule has 4 atom stereocenters. The Morgan fingerprint density at radius 1 is 0.441 bits per heavy atom. The summed E-state index contributed by atoms with van der Waals surface area (Å²) in [6, 6.07) is 36.1. The highest BCUT2D eigenvalue weighted by atomic mass is 127. The zero-order chi connectivity index (χ0) is 82.0. The monoisotopic (exact) mass is 2250 g/mol. The van der Waals surface area contributed by atoms with Gasteiger partial charge in [-0.25, -0.2) is 14.0 Å². The maximum atomic E-state index is 13.7. The van der Waals surface area contributed by atoms with Gasteiger partial charge in [-0.1, -0.05) is 65.8 Å². The Labute approximate surface area is 711 Å². The minimum Gasteiger partial charge on any atom is -0.508 e. The highest BCUT2D eigenvalue weighted by Gasteiger charge is 2.72. The zero-order valence-electron chi connectivity index (χ0n) is 62.0. The maximum absolute atomic E-state index is 13.7. The van der Waals surface area contributed by atoms with Crippen molar-refractivity contribution in [1.29, 1.82) is 0 Å². The lowest BCUT2D eigenvalue weighted by Gasteiger charge is -2.63. The van der Waals surface area contributed by atoms with Gasteiger partial charge in [0.1, 0.15) is 72.2 Å². The van der Waals surface area contributed by atoms with Gasteiger partial charge in [-0.3, -0.25) is 0 Å². The molecule has 8 saturated carbocycles. The van der Waals surface area contributed by atoms with E-state index in [0.29, 0.717) is 65.3 Å². The largest absolute Gasteiger partial charge is 0.508 e. The van der Waals surface area contributed by atoms with E-state index < -0.39 is 120 Å². The van der Waals surface area contributed by atoms with Crippen LogP contribution in [0.15, 0.2) is 109 Å². The van der Waals surface area contributed by atoms with Gasteiger partial charge in [0.05, 0.1) is 14.3 Å². The Kier molecular flexibility index (Phi) is 27.5. The molecule has 3 N–H and O–H groups in total. The minimum absolute atomic E-state index is 0.0166. The van der Waals surface area contributed by atoms with E-state index in [4.69, 9.17) is 38.3 Å². The molecular weight excluding hydrogens is 2160 g/mol. The SMILES string of the molecule is CC(F)(F)C(=O)OC12CC3CC(C1)C1(OCC(F)(F)C(F)(F)CO1)C(C3)C2.CC(F)(F)C(=O)OC12CC3CC(C1)C1(OCC(F)(F)C(F)(F)CO1)C(C3)C2.Cc1cc(F)ccc1[I+]c1ccc(C(C)(C)C)cc1.Cc1cc(Oc2cc(I)c(O)c(I)c2)ccc1[I+]c1ccc(C(C)(C)C)cc1.Oc1cc(I)c(O)c(I)c1. The molecule has 6 aromatic carbocycles. The molecule has 10 fully saturated rings. The van der Waals surface area contributed by atoms with Crippen LogP contribution in [0.2, 0.25) is 0 Å². The standard InChI is InChI=1S/C23H21I3O2.2C17H20F6O4.C17H19FI.C6H4I2O2/c1-14-11-17(28-18-12-19(24)22(27)20(25)13-18)9-10-21(14)26-16-7-5-15(6-8-16)23(2,3)4;2*1-13(18,19)12(24)27-14-4-9-2-10(5-14)17(11(3-9)6-14)25-7-15(20,21)16(22,23)8-26-17;1-12-11-14(18)7-10-16(12)19-15-8-5-13(6-9-15)17(2,3)4;7-4-1-3(9)2-5(8)6(4)10/h5-13H,1-4H3;2*9-11H,2-8H2,1H3;5-11H,1-4H3;1-2,9-10H/q;;;+1;/p+1. The van der Waals surface area contributed by atoms with Crippen LogP contribution in [0.25, 0.3) is 0 Å². The molecule has 4 unspecified atom stereocenters. The van der Waals surface area contributed by atoms with Gasteiger partial charge in [-0.05, 0) is 287 Å². The van der Waals surface area contributed by atoms with Gasteiger partial charge >= 0.3 is 89.9 Å². The molecule has 0 radical (unpaired) electrons. The molecule has 10 aliphatic rings. The number of esters is 2. The minimum atomic E-state index is -4.36. The normalized spacial score (nSPS) is 25.9. The second-order valence-electron chi connectivity index (χ2n) is 32.1. The average molecular weight is 2250 g/mol. The highest BCUT2D eigenvalue weighted by Crippen LogP contribution is 2.66. The van der Waals surface area contributed by atoms with Crippen LogP contribution in [0.5, 0.6) is 28.7 Å². The fraction of sp³-hybridized carbons (Fsp3) is 0.525. The van der Waals surface area contributed by atoms with Crippen molar-refractivity contribution in [2.45, 2.75) is 203 Å². The number of benzene rings is 6. The summed E-state index contributed by atoms with van der Waals surface area (Å²) in [5.74, 6) is -31.4. The summed E-state index contributed by atoms with van der Waals surface area (Å²) in [7, 11) is 0. The predicted molar refractivity (Wildman–Crippen MR) is 411 cm³/mol. The first-order valence-corrected chi connectivity index (χ1v) is 44.2. The zero-order valence-corrected chi connectivity index (χ0v) is 74.9. The summed E-state index contributed by atoms with van der Waals surface area (Å²) in [6.07, 6.45) is 2.93. The number of ether oxygens (including phenoxy) is 7. The Balaban J connectivity index is 0.000000152. The molecule has 2 heterocycles. The van der Waals surface area contributed by atoms with Crippen molar-refractivity contribution >= 4 is 102 Å². The molecule has 608 valence electrons. The fourth-order valence-electron chi connectivity index (χ4n) is 15.8. The summed E-state index contributed by atoms with van der Waals surface area (Å²) >= 11 is 7.72. The molecule has 8 bridgehead atoms. The number of aryl methyl sites for hydroxylation is 2. The third-order valence-corrected chi connectivity index (χ3v) is 30.7. The van der Waals surface area contributed by atoms with Crippen LogP contribution in [0.4, 0.5) is 57.1 Å². The summed E-state index contributed by atoms with van der Waals surface area (Å²) in [4.78, 5) is 23.4. The maximum Gasteiger partial charge on any atom is 0.377 e. The molecule has 6 aromatic rings. The molecule has 111 heavy (non-hydrogen) atoms. The van der Waals surface area contributed by atoms with Crippen LogP contribution in [0.1, 0.15) is 142 Å². The van der Waals surface area contributed by atoms with Crippen LogP contribution in [0.3, 0.4) is 0 Å². The quantitative estimate of drug-likeness (QED) is 0.0516. The first-order chi connectivity index (χ1) is 51.2. The summed E-state index contributed by atoms with van der Waals surface area (Å²) in [5, 5.41) is 28.1. The number of hydrogen-bond acceptors (Lipinski definition) is 12. The van der Waals surface area contributed by atoms with Crippen LogP contribution >= 0.6 is 90.4 Å². The lowest BCUT2D eigenvalue weighted by Crippen LogP contribution is -3.61. The Morgan fingerprint density at radius 3 is 1.06 bits per heavy atom. The van der Waals surface area contributed by atoms with E-state index in [9.17, 15) is 76.9 Å². The van der Waals surface area contributed by atoms with E-state index in [1.54, 1.807) is 12.1 Å². The van der Waals surface area contributed by atoms with E-state index in [0.717, 1.165) is 24.2 Å². The van der Waals surface area contributed by atoms with Gasteiger partial charge in [0.2, 0.25) is 0 Å². The third kappa shape index (κ3) is 20.9. The van der Waals surface area contributed by atoms with Crippen LogP contribution < -0.4 is 47.1 Å². The molecule has 12 nitrogen and oxygen atoms in total. The molecule has 0 amide bonds. The second-order valence-corrected chi connectivity index (χ2v) is 42.7. The summed E-state index contributed by atoms with van der Waals surface area (Å²) < 4.78 is 222. The van der Waals surface area contributed by atoms with Crippen molar-refractivity contribution in [3.8, 4) is 28.7 Å². The van der Waals surface area contributed by atoms with Crippen molar-refractivity contribution in [3.63, 3.8) is 0 Å². The number of aromatic hydroxyl groups is 3. The number of phenols is 3. The summed E-state index contributed by atoms with van der Waals surface area (Å²) in [6.45, 7) is 12.5. The van der Waals surface area contributed by atoms with E-state index in [-0.39, 0.29) is 108 Å². The van der Waals surface area contributed by atoms with Gasteiger partial charge in [-0.15, -0.1) is 0 Å². The second kappa shape index (κ2) is 33.9. The molecule has 0 aromatic heterocycles. The molecule has 2 aliphatic heterocycles. The van der Waals surface area contributed by atoms with Crippen molar-refractivity contribution in [2.75, 3.05) is 26.4 Å². The number of phenolic OH excluding ortho intramolecular Hbond substituents is 3. The third-order valence-electron chi connectivity index (χ3n) is 21.2. The van der Waals surface area contributed by atoms with Gasteiger partial charge in [0.25, 0.3) is 0 Å². The van der Waals surface area contributed by atoms with Gasteiger partial charge in [0, 0.05) is 48.6 Å². The molecular formula is C80H85F13I6O12+2. The van der Waals surface area contributed by atoms with Crippen LogP contribution in [-0.4, -0.2) is 112 Å². The van der Waals surface area contributed by atoms with Crippen molar-refractivity contribution < 1.29 is 158 Å². The molecule has 8 aliphatic carbocycles. The molecule has 2 saturated heterocycles. The van der Waals surface area contributed by atoms with Gasteiger partial charge in [-0.2, -0.15) is 52.7 Å². The van der Waals surface area contributed by atoms with Crippen LogP contribution in [0, 0.1) is 83.7 Å². The lowest BCUT2D eigenvalue weighted by atomic mass is 9.51. The number of rotatable bonds is 10. The average Bonchev–Trinajstić information content (AvgIpc) is 1.68. The first kappa shape index (κ1) is 90.1. The number of halogens is 19. The smallest absolute Gasteiger partial charge is 0.377 e. The van der Waals surface area contributed by atoms with Gasteiger partial charge < -0.3 is 48.5 Å². The topological polar surface area (TPSA) is 159 Å². The lowest BCUT2D eigenvalue weighted by molar-refractivity contribution is -0.598. The highest BCUT2D eigenvalue weighted by molar-refractivity contribution is 14.1. The van der Waals surface area contributed by atoms with E-state index >= 15 is 0 Å². The van der Waals surface area contributed by atoms with Crippen LogP contribution in [-0.2, 0) is 48.8 Å². The van der Waals surface area contributed by atoms with Crippen molar-refractivity contribution in [3.05, 3.63) is 166 Å². The molecule has 16 rings (SSSR count). The van der Waals surface area contributed by atoms with E-state index in [1.807, 2.05) is 76.4 Å². The molecule has 31 heteroatoms. The Bertz CT molecular complexity index is 4130. The number of carbonyl (C=O) groups is 2. The molecule has 2 spiro atoms. The number of alkyl halides is 12. The number of carbonyl (C=O) groups excluding carboxylic acids is 2. The summed E-state index contributed by atoms with van der Waals surface area (Å²) in [5.41, 5.74) is 3.14. The fourth-order valence-corrected chi connectivity index (χ4v) is 24.0. The number of hydrogen-bond donors (Lipinski definition) is 3. The van der Waals surface area contributed by atoms with E-state index in [2.05, 4.69) is 154 Å².